The molecule has 8 heteroatoms. The molecule has 0 N–H and O–H groups in total. The van der Waals surface area contributed by atoms with Crippen LogP contribution in [-0.4, -0.2) is 16.1 Å². The lowest BCUT2D eigenvalue weighted by atomic mass is 10.1. The molecule has 23 heavy (non-hydrogen) atoms. The Bertz CT molecular complexity index is 921. The lowest BCUT2D eigenvalue weighted by molar-refractivity contribution is -0.137. The number of fused-ring (bicyclic) bond motifs is 1. The predicted octanol–water partition coefficient (Wildman–Crippen LogP) is 5.27. The van der Waals surface area contributed by atoms with Crippen molar-refractivity contribution in [2.45, 2.75) is 6.18 Å². The number of aldehydes is 1. The third kappa shape index (κ3) is 2.64. The molecule has 3 rings (SSSR count). The zero-order valence-electron chi connectivity index (χ0n) is 11.2. The summed E-state index contributed by atoms with van der Waals surface area (Å²) in [7, 11) is 0. The van der Waals surface area contributed by atoms with Crippen LogP contribution in [0.3, 0.4) is 0 Å². The van der Waals surface area contributed by atoms with E-state index in [1.54, 1.807) is 12.1 Å². The van der Waals surface area contributed by atoms with Crippen LogP contribution < -0.4 is 0 Å². The summed E-state index contributed by atoms with van der Waals surface area (Å²) in [6, 6.07) is 9.17. The zero-order valence-corrected chi connectivity index (χ0v) is 13.6. The van der Waals surface area contributed by atoms with E-state index in [4.69, 9.17) is 11.6 Å². The number of para-hydroxylation sites is 1. The SMILES string of the molecule is O=Cc1c(C(F)(F)F)ccc(-n2nc(Br)c3ccccc32)c1Cl. The summed E-state index contributed by atoms with van der Waals surface area (Å²) in [4.78, 5) is 11.1. The fraction of sp³-hybridized carbons (Fsp3) is 0.0667. The van der Waals surface area contributed by atoms with Crippen LogP contribution in [0.2, 0.25) is 5.02 Å². The van der Waals surface area contributed by atoms with Gasteiger partial charge < -0.3 is 0 Å². The number of benzene rings is 2. The molecule has 1 aromatic heterocycles. The summed E-state index contributed by atoms with van der Waals surface area (Å²) in [5.41, 5.74) is -0.828. The molecule has 0 amide bonds. The van der Waals surface area contributed by atoms with Crippen LogP contribution in [0.1, 0.15) is 15.9 Å². The van der Waals surface area contributed by atoms with Crippen molar-refractivity contribution in [3.8, 4) is 5.69 Å². The number of nitrogens with zero attached hydrogens (tertiary/aromatic N) is 2. The molecule has 0 bridgehead atoms. The second-order valence-corrected chi connectivity index (χ2v) is 5.82. The summed E-state index contributed by atoms with van der Waals surface area (Å²) in [5.74, 6) is 0. The Morgan fingerprint density at radius 2 is 1.87 bits per heavy atom. The molecule has 0 atom stereocenters. The summed E-state index contributed by atoms with van der Waals surface area (Å²) in [6.45, 7) is 0. The van der Waals surface area contributed by atoms with Gasteiger partial charge >= 0.3 is 6.18 Å². The number of aromatic nitrogens is 2. The van der Waals surface area contributed by atoms with Crippen LogP contribution in [0.4, 0.5) is 13.2 Å². The second kappa shape index (κ2) is 5.65. The quantitative estimate of drug-likeness (QED) is 0.546. The van der Waals surface area contributed by atoms with Gasteiger partial charge in [0.05, 0.1) is 21.8 Å². The van der Waals surface area contributed by atoms with E-state index in [0.29, 0.717) is 10.1 Å². The van der Waals surface area contributed by atoms with Crippen molar-refractivity contribution in [1.82, 2.24) is 9.78 Å². The number of halogens is 5. The first kappa shape index (κ1) is 16.0. The van der Waals surface area contributed by atoms with Gasteiger partial charge in [0.25, 0.3) is 0 Å². The first-order chi connectivity index (χ1) is 10.8. The fourth-order valence-electron chi connectivity index (χ4n) is 2.32. The molecule has 0 saturated heterocycles. The van der Waals surface area contributed by atoms with Gasteiger partial charge in [0, 0.05) is 10.9 Å². The Kier molecular flexibility index (Phi) is 3.93. The van der Waals surface area contributed by atoms with E-state index in [1.807, 2.05) is 12.1 Å². The van der Waals surface area contributed by atoms with Gasteiger partial charge in [-0.05, 0) is 34.1 Å². The van der Waals surface area contributed by atoms with E-state index in [-0.39, 0.29) is 17.0 Å². The Balaban J connectivity index is 2.31. The highest BCUT2D eigenvalue weighted by Gasteiger charge is 2.35. The minimum Gasteiger partial charge on any atom is -0.298 e. The summed E-state index contributed by atoms with van der Waals surface area (Å²) in [5, 5.41) is 4.72. The van der Waals surface area contributed by atoms with Crippen molar-refractivity contribution in [1.29, 1.82) is 0 Å². The maximum Gasteiger partial charge on any atom is 0.417 e. The fourth-order valence-corrected chi connectivity index (χ4v) is 3.10. The molecule has 0 radical (unpaired) electrons. The number of hydrogen-bond donors (Lipinski definition) is 0. The van der Waals surface area contributed by atoms with Crippen LogP contribution in [-0.2, 0) is 6.18 Å². The molecule has 0 aliphatic heterocycles. The van der Waals surface area contributed by atoms with Crippen molar-refractivity contribution in [2.24, 2.45) is 0 Å². The van der Waals surface area contributed by atoms with E-state index in [0.717, 1.165) is 11.5 Å². The van der Waals surface area contributed by atoms with Gasteiger partial charge in [-0.15, -0.1) is 0 Å². The summed E-state index contributed by atoms with van der Waals surface area (Å²) < 4.78 is 40.8. The van der Waals surface area contributed by atoms with E-state index >= 15 is 0 Å². The highest BCUT2D eigenvalue weighted by molar-refractivity contribution is 9.10. The molecule has 0 unspecified atom stereocenters. The van der Waals surface area contributed by atoms with E-state index in [9.17, 15) is 18.0 Å². The minimum atomic E-state index is -4.66. The van der Waals surface area contributed by atoms with Gasteiger partial charge in [-0.2, -0.15) is 18.3 Å². The largest absolute Gasteiger partial charge is 0.417 e. The van der Waals surface area contributed by atoms with Gasteiger partial charge in [0.1, 0.15) is 4.60 Å². The Morgan fingerprint density at radius 3 is 2.52 bits per heavy atom. The molecule has 3 nitrogen and oxygen atoms in total. The lowest BCUT2D eigenvalue weighted by Crippen LogP contribution is -2.11. The minimum absolute atomic E-state index is 0.107. The third-order valence-electron chi connectivity index (χ3n) is 3.35. The third-order valence-corrected chi connectivity index (χ3v) is 4.34. The van der Waals surface area contributed by atoms with Crippen LogP contribution in [0, 0.1) is 0 Å². The van der Waals surface area contributed by atoms with Gasteiger partial charge in [-0.3, -0.25) is 4.79 Å². The van der Waals surface area contributed by atoms with E-state index in [2.05, 4.69) is 21.0 Å². The zero-order chi connectivity index (χ0) is 16.8. The molecular formula is C15H7BrClF3N2O. The summed E-state index contributed by atoms with van der Waals surface area (Å²) in [6.07, 6.45) is -4.55. The molecule has 0 aliphatic carbocycles. The predicted molar refractivity (Wildman–Crippen MR) is 84.2 cm³/mol. The highest BCUT2D eigenvalue weighted by Crippen LogP contribution is 2.38. The molecule has 0 aliphatic rings. The lowest BCUT2D eigenvalue weighted by Gasteiger charge is -2.14. The van der Waals surface area contributed by atoms with E-state index < -0.39 is 17.3 Å². The first-order valence-corrected chi connectivity index (χ1v) is 7.50. The smallest absolute Gasteiger partial charge is 0.298 e. The second-order valence-electron chi connectivity index (χ2n) is 4.70. The van der Waals surface area contributed by atoms with Crippen molar-refractivity contribution in [3.05, 3.63) is 57.2 Å². The monoisotopic (exact) mass is 402 g/mol. The van der Waals surface area contributed by atoms with Gasteiger partial charge in [-0.1, -0.05) is 29.8 Å². The van der Waals surface area contributed by atoms with Crippen LogP contribution >= 0.6 is 27.5 Å². The maximum absolute atomic E-state index is 13.0. The molecule has 1 heterocycles. The van der Waals surface area contributed by atoms with Crippen LogP contribution in [0.5, 0.6) is 0 Å². The number of hydrogen-bond acceptors (Lipinski definition) is 2. The molecule has 3 aromatic rings. The average Bonchev–Trinajstić information content (AvgIpc) is 2.83. The molecule has 0 spiro atoms. The van der Waals surface area contributed by atoms with Crippen molar-refractivity contribution in [2.75, 3.05) is 0 Å². The van der Waals surface area contributed by atoms with Crippen molar-refractivity contribution < 1.29 is 18.0 Å². The average molecular weight is 404 g/mol. The van der Waals surface area contributed by atoms with Gasteiger partial charge in [0.2, 0.25) is 0 Å². The molecule has 2 aromatic carbocycles. The van der Waals surface area contributed by atoms with Crippen molar-refractivity contribution in [3.63, 3.8) is 0 Å². The Labute approximate surface area is 141 Å². The van der Waals surface area contributed by atoms with E-state index in [1.165, 1.54) is 10.7 Å². The van der Waals surface area contributed by atoms with Crippen LogP contribution in [0.25, 0.3) is 16.6 Å². The number of rotatable bonds is 2. The van der Waals surface area contributed by atoms with Crippen molar-refractivity contribution >= 4 is 44.7 Å². The molecule has 0 fully saturated rings. The number of alkyl halides is 3. The first-order valence-electron chi connectivity index (χ1n) is 6.33. The summed E-state index contributed by atoms with van der Waals surface area (Å²) >= 11 is 9.35. The number of carbonyl (C=O) groups excluding carboxylic acids is 1. The Hall–Kier alpha value is -1.86. The van der Waals surface area contributed by atoms with Crippen LogP contribution in [0.15, 0.2) is 41.0 Å². The number of carbonyl (C=O) groups is 1. The molecule has 118 valence electrons. The van der Waals surface area contributed by atoms with Gasteiger partial charge in [-0.25, -0.2) is 4.68 Å². The van der Waals surface area contributed by atoms with Gasteiger partial charge in [0.15, 0.2) is 6.29 Å². The Morgan fingerprint density at radius 1 is 1.17 bits per heavy atom. The normalized spacial score (nSPS) is 11.9. The molecular weight excluding hydrogens is 397 g/mol. The maximum atomic E-state index is 13.0. The highest BCUT2D eigenvalue weighted by atomic mass is 79.9. The molecule has 0 saturated carbocycles. The standard InChI is InChI=1S/C15H7BrClF3N2O/c16-14-8-3-1-2-4-11(8)22(21-14)12-6-5-10(15(18,19)20)9(7-23)13(12)17/h1-7H. The topological polar surface area (TPSA) is 34.9 Å².